The quantitative estimate of drug-likeness (QED) is 0.843. The summed E-state index contributed by atoms with van der Waals surface area (Å²) in [6.07, 6.45) is 2.16. The molecule has 3 heteroatoms. The molecule has 1 saturated carbocycles. The lowest BCUT2D eigenvalue weighted by Crippen LogP contribution is -2.49. The predicted molar refractivity (Wildman–Crippen MR) is 71.0 cm³/mol. The van der Waals surface area contributed by atoms with Crippen molar-refractivity contribution < 1.29 is 9.50 Å². The number of aliphatic hydroxyl groups excluding tert-OH is 1. The molecule has 100 valence electrons. The lowest BCUT2D eigenvalue weighted by atomic mass is 9.75. The molecular formula is C15H22FNO. The van der Waals surface area contributed by atoms with Crippen LogP contribution < -0.4 is 5.32 Å². The van der Waals surface area contributed by atoms with Crippen LogP contribution in [0.25, 0.3) is 0 Å². The normalized spacial score (nSPS) is 24.9. The average Bonchev–Trinajstić information content (AvgIpc) is 2.29. The minimum Gasteiger partial charge on any atom is -0.395 e. The molecule has 0 bridgehead atoms. The van der Waals surface area contributed by atoms with Crippen LogP contribution in [0.3, 0.4) is 0 Å². The Balaban J connectivity index is 1.81. The molecule has 1 fully saturated rings. The van der Waals surface area contributed by atoms with E-state index in [0.29, 0.717) is 17.9 Å². The van der Waals surface area contributed by atoms with E-state index < -0.39 is 0 Å². The van der Waals surface area contributed by atoms with E-state index in [9.17, 15) is 9.50 Å². The van der Waals surface area contributed by atoms with E-state index in [2.05, 4.69) is 19.2 Å². The van der Waals surface area contributed by atoms with Gasteiger partial charge in [-0.05, 0) is 42.4 Å². The summed E-state index contributed by atoms with van der Waals surface area (Å²) < 4.78 is 12.8. The molecular weight excluding hydrogens is 229 g/mol. The number of rotatable bonds is 5. The highest BCUT2D eigenvalue weighted by Gasteiger charge is 2.31. The molecule has 0 amide bonds. The maximum absolute atomic E-state index is 12.8. The van der Waals surface area contributed by atoms with Crippen LogP contribution in [0.2, 0.25) is 0 Å². The highest BCUT2D eigenvalue weighted by molar-refractivity contribution is 5.23. The van der Waals surface area contributed by atoms with Crippen LogP contribution in [0.4, 0.5) is 4.39 Å². The number of hydrogen-bond acceptors (Lipinski definition) is 2. The fourth-order valence-corrected chi connectivity index (χ4v) is 2.52. The molecule has 1 aliphatic carbocycles. The van der Waals surface area contributed by atoms with E-state index in [-0.39, 0.29) is 18.5 Å². The molecule has 1 aromatic carbocycles. The molecule has 0 aliphatic heterocycles. The minimum absolute atomic E-state index is 0.173. The molecule has 2 N–H and O–H groups in total. The van der Waals surface area contributed by atoms with Crippen molar-refractivity contribution in [3.8, 4) is 0 Å². The Morgan fingerprint density at radius 1 is 1.28 bits per heavy atom. The summed E-state index contributed by atoms with van der Waals surface area (Å²) in [4.78, 5) is 0. The van der Waals surface area contributed by atoms with Gasteiger partial charge in [0.2, 0.25) is 0 Å². The molecule has 0 aromatic heterocycles. The van der Waals surface area contributed by atoms with Gasteiger partial charge in [0.15, 0.2) is 0 Å². The second kappa shape index (κ2) is 5.81. The van der Waals surface area contributed by atoms with Gasteiger partial charge in [0, 0.05) is 12.1 Å². The Morgan fingerprint density at radius 2 is 1.89 bits per heavy atom. The smallest absolute Gasteiger partial charge is 0.123 e. The molecule has 2 rings (SSSR count). The van der Waals surface area contributed by atoms with Gasteiger partial charge in [0.05, 0.1) is 6.61 Å². The summed E-state index contributed by atoms with van der Waals surface area (Å²) in [6, 6.07) is 7.48. The van der Waals surface area contributed by atoms with Crippen LogP contribution in [0.1, 0.15) is 38.2 Å². The predicted octanol–water partition coefficient (Wildman–Crippen LogP) is 2.68. The standard InChI is InChI=1S/C15H22FNO/c1-10(2)15(9-18)17-14-7-12(8-14)11-3-5-13(16)6-4-11/h3-6,10,12,14-15,17-18H,7-9H2,1-2H3/t12?,14?,15-/m1/s1. The van der Waals surface area contributed by atoms with Crippen LogP contribution in [-0.4, -0.2) is 23.8 Å². The van der Waals surface area contributed by atoms with Crippen molar-refractivity contribution in [3.05, 3.63) is 35.6 Å². The number of halogens is 1. The minimum atomic E-state index is -0.173. The molecule has 1 atom stereocenters. The summed E-state index contributed by atoms with van der Waals surface area (Å²) in [5.41, 5.74) is 1.22. The van der Waals surface area contributed by atoms with Crippen LogP contribution in [0, 0.1) is 11.7 Å². The molecule has 0 heterocycles. The van der Waals surface area contributed by atoms with Gasteiger partial charge in [-0.25, -0.2) is 4.39 Å². The van der Waals surface area contributed by atoms with Crippen LogP contribution in [0.5, 0.6) is 0 Å². The lowest BCUT2D eigenvalue weighted by molar-refractivity contribution is 0.169. The van der Waals surface area contributed by atoms with Crippen LogP contribution >= 0.6 is 0 Å². The highest BCUT2D eigenvalue weighted by atomic mass is 19.1. The summed E-state index contributed by atoms with van der Waals surface area (Å²) >= 11 is 0. The lowest BCUT2D eigenvalue weighted by Gasteiger charge is -2.39. The van der Waals surface area contributed by atoms with Crippen LogP contribution in [0.15, 0.2) is 24.3 Å². The molecule has 1 aliphatic rings. The van der Waals surface area contributed by atoms with Gasteiger partial charge in [-0.15, -0.1) is 0 Å². The number of aliphatic hydroxyl groups is 1. The summed E-state index contributed by atoms with van der Waals surface area (Å²) in [7, 11) is 0. The van der Waals surface area contributed by atoms with Crippen molar-refractivity contribution in [1.82, 2.24) is 5.32 Å². The third-order valence-electron chi connectivity index (χ3n) is 3.93. The molecule has 18 heavy (non-hydrogen) atoms. The van der Waals surface area contributed by atoms with Crippen molar-refractivity contribution >= 4 is 0 Å². The number of nitrogens with one attached hydrogen (secondary N) is 1. The SMILES string of the molecule is CC(C)[C@@H](CO)NC1CC(c2ccc(F)cc2)C1. The Kier molecular flexibility index (Phi) is 4.36. The highest BCUT2D eigenvalue weighted by Crippen LogP contribution is 2.37. The Hall–Kier alpha value is -0.930. The maximum atomic E-state index is 12.8. The zero-order valence-corrected chi connectivity index (χ0v) is 11.1. The first kappa shape index (κ1) is 13.5. The molecule has 0 spiro atoms. The zero-order valence-electron chi connectivity index (χ0n) is 11.1. The van der Waals surface area contributed by atoms with Crippen molar-refractivity contribution in [2.45, 2.75) is 44.7 Å². The maximum Gasteiger partial charge on any atom is 0.123 e. The van der Waals surface area contributed by atoms with E-state index in [4.69, 9.17) is 0 Å². The fraction of sp³-hybridized carbons (Fsp3) is 0.600. The third kappa shape index (κ3) is 3.09. The van der Waals surface area contributed by atoms with E-state index in [0.717, 1.165) is 12.8 Å². The van der Waals surface area contributed by atoms with E-state index in [1.807, 2.05) is 12.1 Å². The topological polar surface area (TPSA) is 32.3 Å². The van der Waals surface area contributed by atoms with Gasteiger partial charge in [0.1, 0.15) is 5.82 Å². The van der Waals surface area contributed by atoms with Gasteiger partial charge in [-0.3, -0.25) is 0 Å². The van der Waals surface area contributed by atoms with Gasteiger partial charge < -0.3 is 10.4 Å². The van der Waals surface area contributed by atoms with Crippen LogP contribution in [-0.2, 0) is 0 Å². The van der Waals surface area contributed by atoms with E-state index in [1.54, 1.807) is 0 Å². The van der Waals surface area contributed by atoms with Gasteiger partial charge in [-0.1, -0.05) is 26.0 Å². The van der Waals surface area contributed by atoms with Gasteiger partial charge in [0.25, 0.3) is 0 Å². The Labute approximate surface area is 108 Å². The second-order valence-corrected chi connectivity index (χ2v) is 5.62. The molecule has 0 unspecified atom stereocenters. The van der Waals surface area contributed by atoms with E-state index in [1.165, 1.54) is 17.7 Å². The Bertz CT molecular complexity index is 371. The van der Waals surface area contributed by atoms with Crippen molar-refractivity contribution in [1.29, 1.82) is 0 Å². The van der Waals surface area contributed by atoms with Crippen molar-refractivity contribution in [2.75, 3.05) is 6.61 Å². The van der Waals surface area contributed by atoms with Gasteiger partial charge >= 0.3 is 0 Å². The third-order valence-corrected chi connectivity index (χ3v) is 3.93. The number of benzene rings is 1. The number of hydrogen-bond donors (Lipinski definition) is 2. The molecule has 0 saturated heterocycles. The zero-order chi connectivity index (χ0) is 13.1. The molecule has 1 aromatic rings. The first-order valence-electron chi connectivity index (χ1n) is 6.72. The average molecular weight is 251 g/mol. The van der Waals surface area contributed by atoms with Gasteiger partial charge in [-0.2, -0.15) is 0 Å². The largest absolute Gasteiger partial charge is 0.395 e. The summed E-state index contributed by atoms with van der Waals surface area (Å²) in [5.74, 6) is 0.808. The first-order chi connectivity index (χ1) is 8.60. The molecule has 2 nitrogen and oxygen atoms in total. The summed E-state index contributed by atoms with van der Waals surface area (Å²) in [6.45, 7) is 4.42. The van der Waals surface area contributed by atoms with Crippen molar-refractivity contribution in [2.24, 2.45) is 5.92 Å². The monoisotopic (exact) mass is 251 g/mol. The molecule has 0 radical (unpaired) electrons. The second-order valence-electron chi connectivity index (χ2n) is 5.62. The first-order valence-corrected chi connectivity index (χ1v) is 6.72. The Morgan fingerprint density at radius 3 is 2.39 bits per heavy atom. The summed E-state index contributed by atoms with van der Waals surface area (Å²) in [5, 5.41) is 12.8. The van der Waals surface area contributed by atoms with E-state index >= 15 is 0 Å². The van der Waals surface area contributed by atoms with Crippen molar-refractivity contribution in [3.63, 3.8) is 0 Å². The fourth-order valence-electron chi connectivity index (χ4n) is 2.52.